The fourth-order valence-corrected chi connectivity index (χ4v) is 2.10. The van der Waals surface area contributed by atoms with E-state index in [-0.39, 0.29) is 6.04 Å². The van der Waals surface area contributed by atoms with Crippen molar-refractivity contribution in [3.63, 3.8) is 0 Å². The molecule has 1 aromatic rings. The minimum absolute atomic E-state index is 0.0854. The summed E-state index contributed by atoms with van der Waals surface area (Å²) in [5.74, 6) is 0. The van der Waals surface area contributed by atoms with Gasteiger partial charge in [0, 0.05) is 24.3 Å². The van der Waals surface area contributed by atoms with E-state index in [1.165, 1.54) is 24.1 Å². The summed E-state index contributed by atoms with van der Waals surface area (Å²) >= 11 is 0. The highest BCUT2D eigenvalue weighted by Crippen LogP contribution is 2.34. The van der Waals surface area contributed by atoms with Gasteiger partial charge in [0.2, 0.25) is 0 Å². The van der Waals surface area contributed by atoms with Crippen LogP contribution >= 0.6 is 0 Å². The summed E-state index contributed by atoms with van der Waals surface area (Å²) in [7, 11) is 0. The van der Waals surface area contributed by atoms with Gasteiger partial charge in [0.15, 0.2) is 0 Å². The first-order valence-electron chi connectivity index (χ1n) is 5.96. The predicted octanol–water partition coefficient (Wildman–Crippen LogP) is 2.86. The molecule has 16 heavy (non-hydrogen) atoms. The highest BCUT2D eigenvalue weighted by atomic mass is 15.2. The maximum Gasteiger partial charge on any atom is 0.0419 e. The molecule has 2 heteroatoms. The average Bonchev–Trinajstić information content (AvgIpc) is 3.10. The van der Waals surface area contributed by atoms with Gasteiger partial charge >= 0.3 is 0 Å². The minimum Gasteiger partial charge on any atom is -0.365 e. The van der Waals surface area contributed by atoms with Crippen molar-refractivity contribution in [2.45, 2.75) is 31.8 Å². The Morgan fingerprint density at radius 1 is 1.50 bits per heavy atom. The van der Waals surface area contributed by atoms with Crippen molar-refractivity contribution >= 4 is 5.69 Å². The van der Waals surface area contributed by atoms with Crippen LogP contribution in [-0.4, -0.2) is 12.6 Å². The first-order valence-corrected chi connectivity index (χ1v) is 5.96. The van der Waals surface area contributed by atoms with Crippen molar-refractivity contribution in [3.05, 3.63) is 42.5 Å². The standard InChI is InChI=1S/C14H20N2/c1-3-10-16(12-8-9-12)14-7-5-4-6-13(14)11(2)15/h3-7,11-12H,1,8-10,15H2,2H3/t11-/m1/s1. The lowest BCUT2D eigenvalue weighted by atomic mass is 10.1. The Balaban J connectivity index is 2.31. The van der Waals surface area contributed by atoms with Gasteiger partial charge in [-0.3, -0.25) is 0 Å². The number of rotatable bonds is 5. The zero-order chi connectivity index (χ0) is 11.5. The predicted molar refractivity (Wildman–Crippen MR) is 69.6 cm³/mol. The lowest BCUT2D eigenvalue weighted by molar-refractivity contribution is 0.788. The zero-order valence-electron chi connectivity index (χ0n) is 9.89. The summed E-state index contributed by atoms with van der Waals surface area (Å²) in [6.45, 7) is 6.79. The Kier molecular flexibility index (Phi) is 3.30. The molecule has 2 nitrogen and oxygen atoms in total. The molecule has 0 bridgehead atoms. The molecule has 0 heterocycles. The van der Waals surface area contributed by atoms with Crippen LogP contribution in [0.3, 0.4) is 0 Å². The van der Waals surface area contributed by atoms with Crippen molar-refractivity contribution in [2.75, 3.05) is 11.4 Å². The second kappa shape index (κ2) is 4.71. The van der Waals surface area contributed by atoms with Crippen molar-refractivity contribution in [3.8, 4) is 0 Å². The number of nitrogens with zero attached hydrogens (tertiary/aromatic N) is 1. The van der Waals surface area contributed by atoms with E-state index >= 15 is 0 Å². The van der Waals surface area contributed by atoms with E-state index in [1.54, 1.807) is 0 Å². The molecule has 0 spiro atoms. The molecule has 1 aliphatic rings. The van der Waals surface area contributed by atoms with Crippen LogP contribution < -0.4 is 10.6 Å². The molecule has 1 atom stereocenters. The minimum atomic E-state index is 0.0854. The quantitative estimate of drug-likeness (QED) is 0.767. The Bertz CT molecular complexity index is 367. The van der Waals surface area contributed by atoms with Crippen molar-refractivity contribution in [1.29, 1.82) is 0 Å². The van der Waals surface area contributed by atoms with Gasteiger partial charge in [0.1, 0.15) is 0 Å². The molecule has 0 radical (unpaired) electrons. The number of benzene rings is 1. The van der Waals surface area contributed by atoms with Crippen molar-refractivity contribution in [1.82, 2.24) is 0 Å². The lowest BCUT2D eigenvalue weighted by Gasteiger charge is -2.27. The molecule has 0 unspecified atom stereocenters. The second-order valence-corrected chi connectivity index (χ2v) is 4.52. The maximum absolute atomic E-state index is 6.02. The van der Waals surface area contributed by atoms with E-state index in [4.69, 9.17) is 5.73 Å². The Morgan fingerprint density at radius 2 is 2.19 bits per heavy atom. The van der Waals surface area contributed by atoms with E-state index < -0.39 is 0 Å². The third-order valence-corrected chi connectivity index (χ3v) is 3.05. The monoisotopic (exact) mass is 216 g/mol. The van der Waals surface area contributed by atoms with Gasteiger partial charge in [-0.2, -0.15) is 0 Å². The SMILES string of the molecule is C=CCN(c1ccccc1[C@@H](C)N)C1CC1. The van der Waals surface area contributed by atoms with Crippen LogP contribution in [0.25, 0.3) is 0 Å². The Labute approximate surface area is 97.8 Å². The third kappa shape index (κ3) is 2.27. The molecule has 0 amide bonds. The summed E-state index contributed by atoms with van der Waals surface area (Å²) in [5, 5.41) is 0. The van der Waals surface area contributed by atoms with Crippen LogP contribution in [0.1, 0.15) is 31.4 Å². The molecule has 0 aromatic heterocycles. The molecule has 2 N–H and O–H groups in total. The van der Waals surface area contributed by atoms with E-state index in [1.807, 2.05) is 13.0 Å². The normalized spacial score (nSPS) is 16.9. The zero-order valence-corrected chi connectivity index (χ0v) is 9.89. The fourth-order valence-electron chi connectivity index (χ4n) is 2.10. The molecule has 1 aliphatic carbocycles. The van der Waals surface area contributed by atoms with Gasteiger partial charge in [0.25, 0.3) is 0 Å². The van der Waals surface area contributed by atoms with Crippen molar-refractivity contribution < 1.29 is 0 Å². The summed E-state index contributed by atoms with van der Waals surface area (Å²) in [5.41, 5.74) is 8.53. The van der Waals surface area contributed by atoms with Gasteiger partial charge < -0.3 is 10.6 Å². The maximum atomic E-state index is 6.02. The lowest BCUT2D eigenvalue weighted by Crippen LogP contribution is -2.27. The van der Waals surface area contributed by atoms with Gasteiger partial charge in [-0.15, -0.1) is 6.58 Å². The molecule has 0 saturated heterocycles. The van der Waals surface area contributed by atoms with Crippen LogP contribution in [0.4, 0.5) is 5.69 Å². The summed E-state index contributed by atoms with van der Waals surface area (Å²) in [6.07, 6.45) is 4.55. The van der Waals surface area contributed by atoms with Crippen LogP contribution in [0.2, 0.25) is 0 Å². The smallest absolute Gasteiger partial charge is 0.0419 e. The van der Waals surface area contributed by atoms with Crippen LogP contribution in [0.15, 0.2) is 36.9 Å². The van der Waals surface area contributed by atoms with Gasteiger partial charge in [-0.1, -0.05) is 24.3 Å². The van der Waals surface area contributed by atoms with Crippen molar-refractivity contribution in [2.24, 2.45) is 5.73 Å². The first-order chi connectivity index (χ1) is 7.74. The highest BCUT2D eigenvalue weighted by Gasteiger charge is 2.29. The average molecular weight is 216 g/mol. The largest absolute Gasteiger partial charge is 0.365 e. The molecule has 1 fully saturated rings. The molecule has 0 aliphatic heterocycles. The van der Waals surface area contributed by atoms with E-state index in [2.05, 4.69) is 35.7 Å². The fraction of sp³-hybridized carbons (Fsp3) is 0.429. The summed E-state index contributed by atoms with van der Waals surface area (Å²) in [4.78, 5) is 2.42. The number of hydrogen-bond donors (Lipinski definition) is 1. The number of nitrogens with two attached hydrogens (primary N) is 1. The molecule has 1 saturated carbocycles. The Hall–Kier alpha value is -1.28. The molecular weight excluding hydrogens is 196 g/mol. The van der Waals surface area contributed by atoms with Gasteiger partial charge in [-0.05, 0) is 31.4 Å². The molecular formula is C14H20N2. The van der Waals surface area contributed by atoms with Crippen LogP contribution in [-0.2, 0) is 0 Å². The summed E-state index contributed by atoms with van der Waals surface area (Å²) in [6, 6.07) is 9.21. The summed E-state index contributed by atoms with van der Waals surface area (Å²) < 4.78 is 0. The van der Waals surface area contributed by atoms with E-state index in [9.17, 15) is 0 Å². The topological polar surface area (TPSA) is 29.3 Å². The van der Waals surface area contributed by atoms with Crippen LogP contribution in [0.5, 0.6) is 0 Å². The highest BCUT2D eigenvalue weighted by molar-refractivity contribution is 5.56. The van der Waals surface area contributed by atoms with Gasteiger partial charge in [0.05, 0.1) is 0 Å². The van der Waals surface area contributed by atoms with E-state index in [0.29, 0.717) is 6.04 Å². The third-order valence-electron chi connectivity index (χ3n) is 3.05. The Morgan fingerprint density at radius 3 is 2.75 bits per heavy atom. The molecule has 1 aromatic carbocycles. The molecule has 2 rings (SSSR count). The molecule has 86 valence electrons. The number of hydrogen-bond acceptors (Lipinski definition) is 2. The number of para-hydroxylation sites is 1. The second-order valence-electron chi connectivity index (χ2n) is 4.52. The first kappa shape index (κ1) is 11.2. The van der Waals surface area contributed by atoms with E-state index in [0.717, 1.165) is 6.54 Å². The van der Waals surface area contributed by atoms with Gasteiger partial charge in [-0.25, -0.2) is 0 Å². The van der Waals surface area contributed by atoms with Crippen LogP contribution in [0, 0.1) is 0 Å². The number of anilines is 1.